The predicted molar refractivity (Wildman–Crippen MR) is 104 cm³/mol. The molecule has 0 bridgehead atoms. The smallest absolute Gasteiger partial charge is 0.261 e. The van der Waals surface area contributed by atoms with E-state index in [2.05, 4.69) is 34.5 Å². The molecule has 1 fully saturated rings. The average molecular weight is 352 g/mol. The van der Waals surface area contributed by atoms with Crippen LogP contribution in [-0.2, 0) is 17.9 Å². The van der Waals surface area contributed by atoms with Crippen molar-refractivity contribution < 1.29 is 9.53 Å². The molecule has 1 N–H and O–H groups in total. The second-order valence-corrected chi connectivity index (χ2v) is 6.85. The number of nitrogens with one attached hydrogen (secondary N) is 1. The van der Waals surface area contributed by atoms with Crippen molar-refractivity contribution in [1.82, 2.24) is 10.2 Å². The van der Waals surface area contributed by atoms with Gasteiger partial charge in [-0.15, -0.1) is 0 Å². The number of carbonyl (C=O) groups excluding carboxylic acids is 1. The Bertz CT molecular complexity index is 696. The van der Waals surface area contributed by atoms with E-state index < -0.39 is 6.10 Å². The summed E-state index contributed by atoms with van der Waals surface area (Å²) < 4.78 is 5.81. The topological polar surface area (TPSA) is 41.6 Å². The molecule has 26 heavy (non-hydrogen) atoms. The number of para-hydroxylation sites is 1. The molecule has 138 valence electrons. The van der Waals surface area contributed by atoms with Crippen molar-refractivity contribution in [3.63, 3.8) is 0 Å². The van der Waals surface area contributed by atoms with Crippen molar-refractivity contribution in [1.29, 1.82) is 0 Å². The van der Waals surface area contributed by atoms with Crippen molar-refractivity contribution in [3.05, 3.63) is 65.7 Å². The average Bonchev–Trinajstić information content (AvgIpc) is 3.18. The zero-order valence-corrected chi connectivity index (χ0v) is 15.5. The van der Waals surface area contributed by atoms with Crippen molar-refractivity contribution in [3.8, 4) is 5.75 Å². The molecule has 2 aromatic rings. The van der Waals surface area contributed by atoms with Crippen LogP contribution in [0.5, 0.6) is 5.75 Å². The molecule has 0 spiro atoms. The molecule has 4 nitrogen and oxygen atoms in total. The van der Waals surface area contributed by atoms with E-state index in [1.165, 1.54) is 31.5 Å². The van der Waals surface area contributed by atoms with Crippen molar-refractivity contribution in [2.24, 2.45) is 0 Å². The van der Waals surface area contributed by atoms with Gasteiger partial charge in [0.2, 0.25) is 0 Å². The summed E-state index contributed by atoms with van der Waals surface area (Å²) in [5, 5.41) is 3.01. The molecular weight excluding hydrogens is 324 g/mol. The molecule has 1 heterocycles. The van der Waals surface area contributed by atoms with Crippen molar-refractivity contribution >= 4 is 5.91 Å². The highest BCUT2D eigenvalue weighted by Crippen LogP contribution is 2.15. The third kappa shape index (κ3) is 5.33. The number of ether oxygens (including phenoxy) is 1. The molecule has 1 amide bonds. The number of hydrogen-bond donors (Lipinski definition) is 1. The Balaban J connectivity index is 1.52. The van der Waals surface area contributed by atoms with Gasteiger partial charge >= 0.3 is 0 Å². The van der Waals surface area contributed by atoms with Crippen molar-refractivity contribution in [2.75, 3.05) is 13.1 Å². The minimum atomic E-state index is -0.467. The lowest BCUT2D eigenvalue weighted by atomic mass is 10.1. The third-order valence-corrected chi connectivity index (χ3v) is 4.75. The molecule has 1 atom stereocenters. The van der Waals surface area contributed by atoms with Crippen molar-refractivity contribution in [2.45, 2.75) is 45.4 Å². The first kappa shape index (κ1) is 18.5. The van der Waals surface area contributed by atoms with Crippen LogP contribution in [0.15, 0.2) is 54.6 Å². The lowest BCUT2D eigenvalue weighted by Gasteiger charge is -2.18. The van der Waals surface area contributed by atoms with Crippen LogP contribution in [0.2, 0.25) is 0 Å². The van der Waals surface area contributed by atoms with Gasteiger partial charge in [-0.05, 0) is 55.6 Å². The Morgan fingerprint density at radius 3 is 2.54 bits per heavy atom. The SMILES string of the molecule is CC[C@H](Oc1ccccc1)C(=O)NCc1cccc(CN2CCCC2)c1. The van der Waals surface area contributed by atoms with E-state index in [0.717, 1.165) is 17.9 Å². The van der Waals surface area contributed by atoms with Crippen LogP contribution in [0.25, 0.3) is 0 Å². The molecule has 0 unspecified atom stereocenters. The molecule has 0 saturated carbocycles. The van der Waals surface area contributed by atoms with Gasteiger partial charge < -0.3 is 10.1 Å². The maximum atomic E-state index is 12.5. The van der Waals surface area contributed by atoms with E-state index in [1.807, 2.05) is 37.3 Å². The molecule has 0 aromatic heterocycles. The number of rotatable bonds is 8. The van der Waals surface area contributed by atoms with Gasteiger partial charge in [-0.1, -0.05) is 49.4 Å². The summed E-state index contributed by atoms with van der Waals surface area (Å²) in [4.78, 5) is 15.0. The zero-order valence-electron chi connectivity index (χ0n) is 15.5. The Morgan fingerprint density at radius 2 is 1.81 bits per heavy atom. The van der Waals surface area contributed by atoms with E-state index in [0.29, 0.717) is 13.0 Å². The molecule has 2 aromatic carbocycles. The van der Waals surface area contributed by atoms with Gasteiger partial charge in [0.15, 0.2) is 6.10 Å². The fourth-order valence-corrected chi connectivity index (χ4v) is 3.33. The zero-order chi connectivity index (χ0) is 18.2. The summed E-state index contributed by atoms with van der Waals surface area (Å²) in [5.41, 5.74) is 2.44. The van der Waals surface area contributed by atoms with Gasteiger partial charge in [-0.25, -0.2) is 0 Å². The number of carbonyl (C=O) groups is 1. The van der Waals surface area contributed by atoms with Gasteiger partial charge in [0.05, 0.1) is 0 Å². The molecular formula is C22H28N2O2. The number of amides is 1. The Labute approximate surface area is 156 Å². The van der Waals surface area contributed by atoms with Gasteiger partial charge in [-0.2, -0.15) is 0 Å². The summed E-state index contributed by atoms with van der Waals surface area (Å²) in [6.45, 7) is 5.87. The van der Waals surface area contributed by atoms with E-state index in [4.69, 9.17) is 4.74 Å². The van der Waals surface area contributed by atoms with Crippen LogP contribution in [0.4, 0.5) is 0 Å². The minimum Gasteiger partial charge on any atom is -0.481 e. The third-order valence-electron chi connectivity index (χ3n) is 4.75. The number of hydrogen-bond acceptors (Lipinski definition) is 3. The molecule has 4 heteroatoms. The molecule has 3 rings (SSSR count). The van der Waals surface area contributed by atoms with Gasteiger partial charge in [0, 0.05) is 13.1 Å². The maximum absolute atomic E-state index is 12.5. The van der Waals surface area contributed by atoms with Crippen LogP contribution in [-0.4, -0.2) is 30.0 Å². The van der Waals surface area contributed by atoms with Crippen LogP contribution >= 0.6 is 0 Å². The second kappa shape index (κ2) is 9.39. The monoisotopic (exact) mass is 352 g/mol. The first-order chi connectivity index (χ1) is 12.7. The lowest BCUT2D eigenvalue weighted by Crippen LogP contribution is -2.37. The normalized spacial score (nSPS) is 15.6. The second-order valence-electron chi connectivity index (χ2n) is 6.85. The molecule has 0 aliphatic carbocycles. The van der Waals surface area contributed by atoms with Gasteiger partial charge in [0.25, 0.3) is 5.91 Å². The quantitative estimate of drug-likeness (QED) is 0.786. The number of benzene rings is 2. The summed E-state index contributed by atoms with van der Waals surface area (Å²) >= 11 is 0. The Kier molecular flexibility index (Phi) is 6.67. The first-order valence-corrected chi connectivity index (χ1v) is 9.54. The summed E-state index contributed by atoms with van der Waals surface area (Å²) in [5.74, 6) is 0.656. The minimum absolute atomic E-state index is 0.0682. The standard InChI is InChI=1S/C22H28N2O2/c1-2-21(26-20-11-4-3-5-12-20)22(25)23-16-18-9-8-10-19(15-18)17-24-13-6-7-14-24/h3-5,8-12,15,21H,2,6-7,13-14,16-17H2,1H3,(H,23,25)/t21-/m0/s1. The molecule has 1 saturated heterocycles. The molecule has 1 aliphatic heterocycles. The first-order valence-electron chi connectivity index (χ1n) is 9.54. The summed E-state index contributed by atoms with van der Waals surface area (Å²) in [6, 6.07) is 18.0. The fourth-order valence-electron chi connectivity index (χ4n) is 3.33. The van der Waals surface area contributed by atoms with Crippen LogP contribution in [0.3, 0.4) is 0 Å². The largest absolute Gasteiger partial charge is 0.481 e. The molecule has 0 radical (unpaired) electrons. The highest BCUT2D eigenvalue weighted by atomic mass is 16.5. The van der Waals surface area contributed by atoms with E-state index in [9.17, 15) is 4.79 Å². The summed E-state index contributed by atoms with van der Waals surface area (Å²) in [7, 11) is 0. The lowest BCUT2D eigenvalue weighted by molar-refractivity contribution is -0.128. The van der Waals surface area contributed by atoms with Gasteiger partial charge in [0.1, 0.15) is 5.75 Å². The number of nitrogens with zero attached hydrogens (tertiary/aromatic N) is 1. The van der Waals surface area contributed by atoms with Crippen LogP contribution in [0.1, 0.15) is 37.3 Å². The Hall–Kier alpha value is -2.33. The molecule has 1 aliphatic rings. The van der Waals surface area contributed by atoms with E-state index in [1.54, 1.807) is 0 Å². The highest BCUT2D eigenvalue weighted by molar-refractivity contribution is 5.81. The van der Waals surface area contributed by atoms with Crippen LogP contribution in [0, 0.1) is 0 Å². The summed E-state index contributed by atoms with van der Waals surface area (Å²) in [6.07, 6.45) is 2.77. The fraction of sp³-hybridized carbons (Fsp3) is 0.409. The van der Waals surface area contributed by atoms with E-state index >= 15 is 0 Å². The van der Waals surface area contributed by atoms with Crippen LogP contribution < -0.4 is 10.1 Å². The number of likely N-dealkylation sites (tertiary alicyclic amines) is 1. The van der Waals surface area contributed by atoms with Gasteiger partial charge in [-0.3, -0.25) is 9.69 Å². The van der Waals surface area contributed by atoms with E-state index in [-0.39, 0.29) is 5.91 Å². The maximum Gasteiger partial charge on any atom is 0.261 e. The highest BCUT2D eigenvalue weighted by Gasteiger charge is 2.18. The Morgan fingerprint density at radius 1 is 1.08 bits per heavy atom. The predicted octanol–water partition coefficient (Wildman–Crippen LogP) is 3.76.